The molecule has 0 aromatic heterocycles. The average Bonchev–Trinajstić information content (AvgIpc) is 2.61. The number of ether oxygens (including phenoxy) is 1. The number of benzene rings is 2. The molecule has 0 heterocycles. The van der Waals surface area contributed by atoms with Crippen LogP contribution in [0.2, 0.25) is 0 Å². The van der Waals surface area contributed by atoms with Crippen molar-refractivity contribution in [3.63, 3.8) is 0 Å². The van der Waals surface area contributed by atoms with E-state index >= 15 is 0 Å². The summed E-state index contributed by atoms with van der Waals surface area (Å²) in [5.41, 5.74) is 1.98. The number of hydrogen-bond donors (Lipinski definition) is 2. The topological polar surface area (TPSA) is 58.6 Å². The molecule has 4 nitrogen and oxygen atoms in total. The SMILES string of the molecule is CC(C)C[C@H](NC(=O)OCc1ccccc1)[C@@H](O)Cc1ccccc1. The highest BCUT2D eigenvalue weighted by molar-refractivity contribution is 5.67. The summed E-state index contributed by atoms with van der Waals surface area (Å²) in [4.78, 5) is 12.1. The minimum absolute atomic E-state index is 0.218. The minimum Gasteiger partial charge on any atom is -0.445 e. The molecule has 2 aromatic carbocycles. The van der Waals surface area contributed by atoms with E-state index in [2.05, 4.69) is 19.2 Å². The lowest BCUT2D eigenvalue weighted by atomic mass is 9.95. The lowest BCUT2D eigenvalue weighted by Gasteiger charge is -2.25. The number of alkyl carbamates (subject to hydrolysis) is 1. The number of amides is 1. The number of aliphatic hydroxyl groups excluding tert-OH is 1. The molecule has 0 aliphatic carbocycles. The summed E-state index contributed by atoms with van der Waals surface area (Å²) >= 11 is 0. The maximum atomic E-state index is 12.1. The summed E-state index contributed by atoms with van der Waals surface area (Å²) in [5.74, 6) is 0.352. The fourth-order valence-electron chi connectivity index (χ4n) is 2.73. The van der Waals surface area contributed by atoms with Crippen LogP contribution in [0.5, 0.6) is 0 Å². The van der Waals surface area contributed by atoms with Crippen molar-refractivity contribution in [3.8, 4) is 0 Å². The van der Waals surface area contributed by atoms with Crippen LogP contribution < -0.4 is 5.32 Å². The Morgan fingerprint density at radius 3 is 2.12 bits per heavy atom. The Bertz CT molecular complexity index is 628. The third-order valence-electron chi connectivity index (χ3n) is 3.99. The second kappa shape index (κ2) is 9.84. The summed E-state index contributed by atoms with van der Waals surface area (Å²) in [6.07, 6.45) is 0.0294. The van der Waals surface area contributed by atoms with E-state index in [0.29, 0.717) is 18.8 Å². The Morgan fingerprint density at radius 1 is 1.00 bits per heavy atom. The lowest BCUT2D eigenvalue weighted by Crippen LogP contribution is -2.45. The van der Waals surface area contributed by atoms with Crippen LogP contribution in [0.1, 0.15) is 31.4 Å². The van der Waals surface area contributed by atoms with Gasteiger partial charge in [-0.05, 0) is 23.5 Å². The number of hydrogen-bond acceptors (Lipinski definition) is 3. The van der Waals surface area contributed by atoms with E-state index in [9.17, 15) is 9.90 Å². The number of rotatable bonds is 8. The summed E-state index contributed by atoms with van der Waals surface area (Å²) in [7, 11) is 0. The molecule has 0 fully saturated rings. The van der Waals surface area contributed by atoms with Crippen molar-refractivity contribution in [2.75, 3.05) is 0 Å². The third-order valence-corrected chi connectivity index (χ3v) is 3.99. The van der Waals surface area contributed by atoms with E-state index < -0.39 is 12.2 Å². The molecule has 2 atom stereocenters. The average molecular weight is 341 g/mol. The highest BCUT2D eigenvalue weighted by Gasteiger charge is 2.23. The Hall–Kier alpha value is -2.33. The largest absolute Gasteiger partial charge is 0.445 e. The van der Waals surface area contributed by atoms with Gasteiger partial charge < -0.3 is 15.2 Å². The molecule has 0 aliphatic heterocycles. The van der Waals surface area contributed by atoms with Gasteiger partial charge >= 0.3 is 6.09 Å². The monoisotopic (exact) mass is 341 g/mol. The minimum atomic E-state index is -0.658. The van der Waals surface area contributed by atoms with Crippen LogP contribution in [0, 0.1) is 5.92 Å². The lowest BCUT2D eigenvalue weighted by molar-refractivity contribution is 0.0944. The molecule has 0 saturated carbocycles. The predicted molar refractivity (Wildman–Crippen MR) is 99.2 cm³/mol. The Morgan fingerprint density at radius 2 is 1.56 bits per heavy atom. The molecule has 2 aromatic rings. The third kappa shape index (κ3) is 6.98. The summed E-state index contributed by atoms with van der Waals surface area (Å²) in [6.45, 7) is 4.36. The molecular formula is C21H27NO3. The van der Waals surface area contributed by atoms with Gasteiger partial charge in [0.05, 0.1) is 12.1 Å². The summed E-state index contributed by atoms with van der Waals surface area (Å²) in [6, 6.07) is 19.0. The molecule has 134 valence electrons. The maximum Gasteiger partial charge on any atom is 0.407 e. The van der Waals surface area contributed by atoms with E-state index in [1.165, 1.54) is 0 Å². The molecule has 0 aliphatic rings. The molecule has 0 radical (unpaired) electrons. The van der Waals surface area contributed by atoms with Crippen molar-refractivity contribution in [2.45, 2.75) is 45.4 Å². The van der Waals surface area contributed by atoms with Crippen LogP contribution in [-0.4, -0.2) is 23.3 Å². The first-order chi connectivity index (χ1) is 12.0. The molecule has 25 heavy (non-hydrogen) atoms. The van der Waals surface area contributed by atoms with Gasteiger partial charge in [-0.1, -0.05) is 74.5 Å². The van der Waals surface area contributed by atoms with Crippen LogP contribution >= 0.6 is 0 Å². The molecular weight excluding hydrogens is 314 g/mol. The Kier molecular flexibility index (Phi) is 7.48. The highest BCUT2D eigenvalue weighted by atomic mass is 16.5. The van der Waals surface area contributed by atoms with Gasteiger partial charge in [0.2, 0.25) is 0 Å². The molecule has 0 spiro atoms. The van der Waals surface area contributed by atoms with Crippen LogP contribution in [0.4, 0.5) is 4.79 Å². The van der Waals surface area contributed by atoms with Crippen LogP contribution in [-0.2, 0) is 17.8 Å². The first-order valence-corrected chi connectivity index (χ1v) is 8.74. The van der Waals surface area contributed by atoms with Crippen molar-refractivity contribution in [2.24, 2.45) is 5.92 Å². The van der Waals surface area contributed by atoms with Crippen molar-refractivity contribution in [1.29, 1.82) is 0 Å². The first-order valence-electron chi connectivity index (χ1n) is 8.74. The molecule has 1 amide bonds. The van der Waals surface area contributed by atoms with Gasteiger partial charge in [0.1, 0.15) is 6.61 Å². The van der Waals surface area contributed by atoms with Gasteiger partial charge in [0.25, 0.3) is 0 Å². The fraction of sp³-hybridized carbons (Fsp3) is 0.381. The summed E-state index contributed by atoms with van der Waals surface area (Å²) in [5, 5.41) is 13.4. The molecule has 2 rings (SSSR count). The van der Waals surface area contributed by atoms with Gasteiger partial charge in [0, 0.05) is 6.42 Å². The number of carbonyl (C=O) groups is 1. The summed E-state index contributed by atoms with van der Waals surface area (Å²) < 4.78 is 5.28. The van der Waals surface area contributed by atoms with Gasteiger partial charge in [-0.2, -0.15) is 0 Å². The van der Waals surface area contributed by atoms with Gasteiger partial charge in [-0.15, -0.1) is 0 Å². The van der Waals surface area contributed by atoms with Crippen molar-refractivity contribution >= 4 is 6.09 Å². The molecule has 0 bridgehead atoms. The fourth-order valence-corrected chi connectivity index (χ4v) is 2.73. The van der Waals surface area contributed by atoms with Gasteiger partial charge in [-0.25, -0.2) is 4.79 Å². The molecule has 0 saturated heterocycles. The smallest absolute Gasteiger partial charge is 0.407 e. The van der Waals surface area contributed by atoms with Crippen molar-refractivity contribution < 1.29 is 14.6 Å². The standard InChI is InChI=1S/C21H27NO3/c1-16(2)13-19(20(23)14-17-9-5-3-6-10-17)22-21(24)25-15-18-11-7-4-8-12-18/h3-12,16,19-20,23H,13-15H2,1-2H3,(H,22,24)/t19-,20-/m0/s1. The van der Waals surface area contributed by atoms with Crippen LogP contribution in [0.25, 0.3) is 0 Å². The van der Waals surface area contributed by atoms with Gasteiger partial charge in [-0.3, -0.25) is 0 Å². The Balaban J connectivity index is 1.90. The number of nitrogens with one attached hydrogen (secondary N) is 1. The normalized spacial score (nSPS) is 13.3. The zero-order chi connectivity index (χ0) is 18.1. The van der Waals surface area contributed by atoms with Crippen LogP contribution in [0.3, 0.4) is 0 Å². The van der Waals surface area contributed by atoms with E-state index in [1.807, 2.05) is 60.7 Å². The number of aliphatic hydroxyl groups is 1. The maximum absolute atomic E-state index is 12.1. The molecule has 0 unspecified atom stereocenters. The second-order valence-corrected chi connectivity index (χ2v) is 6.70. The Labute approximate surface area is 149 Å². The van der Waals surface area contributed by atoms with E-state index in [1.54, 1.807) is 0 Å². The van der Waals surface area contributed by atoms with Crippen LogP contribution in [0.15, 0.2) is 60.7 Å². The highest BCUT2D eigenvalue weighted by Crippen LogP contribution is 2.13. The van der Waals surface area contributed by atoms with E-state index in [-0.39, 0.29) is 12.6 Å². The first kappa shape index (κ1) is 19.0. The second-order valence-electron chi connectivity index (χ2n) is 6.70. The predicted octanol–water partition coefficient (Wildman–Crippen LogP) is 3.93. The van der Waals surface area contributed by atoms with Gasteiger partial charge in [0.15, 0.2) is 0 Å². The quantitative estimate of drug-likeness (QED) is 0.765. The number of carbonyl (C=O) groups excluding carboxylic acids is 1. The molecule has 4 heteroatoms. The van der Waals surface area contributed by atoms with Crippen molar-refractivity contribution in [1.82, 2.24) is 5.32 Å². The molecule has 2 N–H and O–H groups in total. The zero-order valence-electron chi connectivity index (χ0n) is 14.9. The van der Waals surface area contributed by atoms with E-state index in [0.717, 1.165) is 11.1 Å². The van der Waals surface area contributed by atoms with Crippen molar-refractivity contribution in [3.05, 3.63) is 71.8 Å². The van der Waals surface area contributed by atoms with E-state index in [4.69, 9.17) is 4.74 Å². The zero-order valence-corrected chi connectivity index (χ0v) is 14.9.